The van der Waals surface area contributed by atoms with E-state index in [1.165, 1.54) is 6.07 Å². The molecule has 0 fully saturated rings. The van der Waals surface area contributed by atoms with Gasteiger partial charge in [-0.3, -0.25) is 5.14 Å². The van der Waals surface area contributed by atoms with Crippen molar-refractivity contribution in [3.05, 3.63) is 76.4 Å². The number of sulfone groups is 1. The summed E-state index contributed by atoms with van der Waals surface area (Å²) in [4.78, 5) is 4.49. The van der Waals surface area contributed by atoms with Crippen molar-refractivity contribution >= 4 is 43.4 Å². The van der Waals surface area contributed by atoms with Crippen LogP contribution in [0.2, 0.25) is 5.02 Å². The maximum absolute atomic E-state index is 12.4. The van der Waals surface area contributed by atoms with Gasteiger partial charge >= 0.3 is 0 Å². The fourth-order valence-corrected chi connectivity index (χ4v) is 5.46. The minimum atomic E-state index is -3.48. The quantitative estimate of drug-likeness (QED) is 0.318. The molecule has 190 valence electrons. The van der Waals surface area contributed by atoms with Gasteiger partial charge < -0.3 is 4.52 Å². The van der Waals surface area contributed by atoms with Crippen LogP contribution < -0.4 is 5.14 Å². The first kappa shape index (κ1) is 26.5. The summed E-state index contributed by atoms with van der Waals surface area (Å²) in [5.41, 5.74) is 4.59. The zero-order valence-corrected chi connectivity index (χ0v) is 22.9. The fraction of sp³-hybridized carbons (Fsp3) is 0.308. The number of halogens is 1. The van der Waals surface area contributed by atoms with E-state index in [0.29, 0.717) is 34.8 Å². The number of aromatic nitrogens is 2. The molecule has 0 saturated carbocycles. The van der Waals surface area contributed by atoms with Crippen molar-refractivity contribution in [1.82, 2.24) is 10.1 Å². The predicted molar refractivity (Wildman–Crippen MR) is 144 cm³/mol. The number of nitrogens with zero attached hydrogens (tertiary/aromatic N) is 2. The highest BCUT2D eigenvalue weighted by Crippen LogP contribution is 2.39. The van der Waals surface area contributed by atoms with Crippen LogP contribution >= 0.6 is 11.6 Å². The summed E-state index contributed by atoms with van der Waals surface area (Å²) in [5.74, 6) is -0.191. The second-order valence-corrected chi connectivity index (χ2v) is 13.7. The number of benzene rings is 2. The summed E-state index contributed by atoms with van der Waals surface area (Å²) in [5, 5.41) is 11.6. The molecule has 0 aliphatic carbocycles. The Morgan fingerprint density at radius 3 is 2.56 bits per heavy atom. The van der Waals surface area contributed by atoms with Crippen molar-refractivity contribution in [2.24, 2.45) is 5.14 Å². The average Bonchev–Trinajstić information content (AvgIpc) is 3.21. The fourth-order valence-electron chi connectivity index (χ4n) is 4.34. The topological polar surface area (TPSA) is 116 Å². The van der Waals surface area contributed by atoms with Crippen LogP contribution in [0, 0.1) is 6.92 Å². The summed E-state index contributed by atoms with van der Waals surface area (Å²) in [7, 11) is -5.06. The summed E-state index contributed by atoms with van der Waals surface area (Å²) >= 11 is 6.13. The van der Waals surface area contributed by atoms with E-state index in [2.05, 4.69) is 10.1 Å². The van der Waals surface area contributed by atoms with E-state index in [-0.39, 0.29) is 10.9 Å². The maximum atomic E-state index is 12.4. The zero-order valence-electron chi connectivity index (χ0n) is 20.5. The Bertz CT molecular complexity index is 1560. The minimum Gasteiger partial charge on any atom is -0.356 e. The van der Waals surface area contributed by atoms with Crippen molar-refractivity contribution < 1.29 is 17.1 Å². The third-order valence-electron chi connectivity index (χ3n) is 6.37. The molecule has 7 nitrogen and oxygen atoms in total. The van der Waals surface area contributed by atoms with Gasteiger partial charge in [0.2, 0.25) is 0 Å². The Hall–Kier alpha value is -2.59. The van der Waals surface area contributed by atoms with E-state index in [1.54, 1.807) is 18.2 Å². The molecule has 0 aliphatic heterocycles. The molecule has 4 rings (SSSR count). The van der Waals surface area contributed by atoms with E-state index in [4.69, 9.17) is 21.3 Å². The highest BCUT2D eigenvalue weighted by molar-refractivity contribution is 7.90. The lowest BCUT2D eigenvalue weighted by molar-refractivity contribution is 0.459. The second kappa shape index (κ2) is 10.0. The van der Waals surface area contributed by atoms with E-state index in [0.717, 1.165) is 28.3 Å². The number of hydrogen-bond donors (Lipinski definition) is 1. The first-order chi connectivity index (χ1) is 16.9. The minimum absolute atomic E-state index is 0.0242. The van der Waals surface area contributed by atoms with Gasteiger partial charge in [0.05, 0.1) is 15.7 Å². The molecule has 0 amide bonds. The van der Waals surface area contributed by atoms with Crippen LogP contribution in [-0.2, 0) is 27.2 Å². The Kier molecular flexibility index (Phi) is 7.39. The zero-order chi connectivity index (χ0) is 26.3. The Morgan fingerprint density at radius 1 is 1.14 bits per heavy atom. The summed E-state index contributed by atoms with van der Waals surface area (Å²) in [6.07, 6.45) is 2.04. The highest BCUT2D eigenvalue weighted by atomic mass is 35.5. The van der Waals surface area contributed by atoms with Crippen molar-refractivity contribution in [2.75, 3.05) is 6.26 Å². The molecule has 2 N–H and O–H groups in total. The van der Waals surface area contributed by atoms with Crippen LogP contribution in [0.1, 0.15) is 43.0 Å². The standard InChI is InChI=1S/C26H28ClN3O4S2/c1-16-9-12-24(36(4,32)33)29-22(16)13-17(15-26(2,3)35(28)31)19-7-5-6-8-20(19)25-21-11-10-18(27)14-23(21)34-30-25/h5-12,14,17H,13,15,28H2,1-4H3/t17-,35?/m0/s1. The number of pyridine rings is 1. The van der Waals surface area contributed by atoms with E-state index in [1.807, 2.05) is 51.1 Å². The van der Waals surface area contributed by atoms with Gasteiger partial charge in [-0.25, -0.2) is 17.6 Å². The van der Waals surface area contributed by atoms with Gasteiger partial charge in [-0.15, -0.1) is 0 Å². The maximum Gasteiger partial charge on any atom is 0.192 e. The smallest absolute Gasteiger partial charge is 0.192 e. The first-order valence-corrected chi connectivity index (χ1v) is 14.8. The van der Waals surface area contributed by atoms with Crippen LogP contribution in [0.25, 0.3) is 22.2 Å². The van der Waals surface area contributed by atoms with Crippen LogP contribution in [0.5, 0.6) is 0 Å². The third kappa shape index (κ3) is 5.54. The van der Waals surface area contributed by atoms with Crippen LogP contribution in [-0.4, -0.2) is 33.8 Å². The number of hydrogen-bond acceptors (Lipinski definition) is 6. The van der Waals surface area contributed by atoms with Crippen molar-refractivity contribution in [2.45, 2.75) is 49.3 Å². The Balaban J connectivity index is 1.87. The highest BCUT2D eigenvalue weighted by Gasteiger charge is 2.31. The Morgan fingerprint density at radius 2 is 1.86 bits per heavy atom. The van der Waals surface area contributed by atoms with Gasteiger partial charge in [0, 0.05) is 34.0 Å². The molecule has 10 heteroatoms. The molecular formula is C26H28ClN3O4S2. The average molecular weight is 546 g/mol. The molecular weight excluding hydrogens is 518 g/mol. The predicted octanol–water partition coefficient (Wildman–Crippen LogP) is 5.37. The normalized spacial score (nSPS) is 14.2. The van der Waals surface area contributed by atoms with Gasteiger partial charge in [-0.1, -0.05) is 47.1 Å². The molecule has 2 heterocycles. The molecule has 36 heavy (non-hydrogen) atoms. The molecule has 0 aliphatic rings. The number of rotatable bonds is 8. The van der Waals surface area contributed by atoms with Crippen LogP contribution in [0.3, 0.4) is 0 Å². The van der Waals surface area contributed by atoms with Crippen molar-refractivity contribution in [3.8, 4) is 11.3 Å². The molecule has 4 aromatic rings. The number of nitrogens with two attached hydrogens (primary N) is 1. The number of aryl methyl sites for hydroxylation is 1. The molecule has 2 atom stereocenters. The SMILES string of the molecule is Cc1ccc(S(C)(=O)=O)nc1C[C@@H](CC(C)(C)S(N)=O)c1ccccc1-c1noc2cc(Cl)ccc12. The largest absolute Gasteiger partial charge is 0.356 e. The lowest BCUT2D eigenvalue weighted by atomic mass is 9.82. The number of fused-ring (bicyclic) bond motifs is 1. The van der Waals surface area contributed by atoms with Crippen molar-refractivity contribution in [1.29, 1.82) is 0 Å². The summed E-state index contributed by atoms with van der Waals surface area (Å²) in [6, 6.07) is 16.5. The van der Waals surface area contributed by atoms with Crippen LogP contribution in [0.4, 0.5) is 0 Å². The lowest BCUT2D eigenvalue weighted by Crippen LogP contribution is -2.34. The molecule has 2 aromatic heterocycles. The molecule has 0 bridgehead atoms. The van der Waals surface area contributed by atoms with E-state index < -0.39 is 25.6 Å². The van der Waals surface area contributed by atoms with E-state index in [9.17, 15) is 12.6 Å². The summed E-state index contributed by atoms with van der Waals surface area (Å²) in [6.45, 7) is 5.62. The second-order valence-electron chi connectivity index (χ2n) is 9.61. The lowest BCUT2D eigenvalue weighted by Gasteiger charge is -2.29. The monoisotopic (exact) mass is 545 g/mol. The van der Waals surface area contributed by atoms with Gasteiger partial charge in [0.1, 0.15) is 5.69 Å². The molecule has 2 aromatic carbocycles. The van der Waals surface area contributed by atoms with Gasteiger partial charge in [-0.05, 0) is 68.9 Å². The van der Waals surface area contributed by atoms with Crippen molar-refractivity contribution in [3.63, 3.8) is 0 Å². The third-order valence-corrected chi connectivity index (χ3v) is 8.85. The Labute approximate surface area is 218 Å². The van der Waals surface area contributed by atoms with Gasteiger partial charge in [0.15, 0.2) is 20.4 Å². The van der Waals surface area contributed by atoms with Gasteiger partial charge in [0.25, 0.3) is 0 Å². The van der Waals surface area contributed by atoms with E-state index >= 15 is 0 Å². The molecule has 0 saturated heterocycles. The molecule has 1 unspecified atom stereocenters. The summed E-state index contributed by atoms with van der Waals surface area (Å²) < 4.78 is 41.6. The first-order valence-electron chi connectivity index (χ1n) is 11.3. The van der Waals surface area contributed by atoms with Gasteiger partial charge in [-0.2, -0.15) is 0 Å². The van der Waals surface area contributed by atoms with Crippen LogP contribution in [0.15, 0.2) is 64.1 Å². The molecule has 0 spiro atoms. The molecule has 0 radical (unpaired) electrons.